The topological polar surface area (TPSA) is 189 Å². The first kappa shape index (κ1) is 51.7. The fraction of sp³-hybridized carbons (Fsp3) is 0.756. The van der Waals surface area contributed by atoms with Crippen LogP contribution in [0.2, 0.25) is 0 Å². The molecule has 0 aliphatic rings. The van der Waals surface area contributed by atoms with Gasteiger partial charge in [0.25, 0.3) is 0 Å². The normalized spacial score (nSPS) is 12.9. The zero-order valence-electron chi connectivity index (χ0n) is 35.3. The van der Waals surface area contributed by atoms with Crippen molar-refractivity contribution < 1.29 is 42.9 Å². The number of urea groups is 1. The molecule has 14 nitrogen and oxygen atoms in total. The maximum absolute atomic E-state index is 13.1. The molecule has 6 N–H and O–H groups in total. The minimum Gasteiger partial charge on any atom is -0.460 e. The summed E-state index contributed by atoms with van der Waals surface area (Å²) in [6.45, 7) is 26.2. The monoisotopic (exact) mass is 782 g/mol. The maximum atomic E-state index is 13.1. The Labute approximate surface area is 331 Å². The van der Waals surface area contributed by atoms with E-state index in [-0.39, 0.29) is 47.7 Å². The quantitative estimate of drug-likeness (QED) is 0.0288. The number of esters is 1. The third-order valence-corrected chi connectivity index (χ3v) is 7.79. The molecule has 0 heterocycles. The van der Waals surface area contributed by atoms with E-state index in [2.05, 4.69) is 69.4 Å². The summed E-state index contributed by atoms with van der Waals surface area (Å²) < 4.78 is 27.3. The van der Waals surface area contributed by atoms with Crippen LogP contribution in [-0.4, -0.2) is 116 Å². The zero-order valence-corrected chi connectivity index (χ0v) is 35.3. The molecular weight excluding hydrogens is 706 g/mol. The molecule has 1 atom stereocenters. The largest absolute Gasteiger partial charge is 0.460 e. The van der Waals surface area contributed by atoms with Gasteiger partial charge in [0, 0.05) is 57.2 Å². The van der Waals surface area contributed by atoms with Gasteiger partial charge in [-0.2, -0.15) is 0 Å². The van der Waals surface area contributed by atoms with Crippen LogP contribution in [-0.2, 0) is 38.1 Å². The maximum Gasteiger partial charge on any atom is 0.333 e. The number of nitrogens with two attached hydrogens (primary N) is 1. The summed E-state index contributed by atoms with van der Waals surface area (Å²) >= 11 is 0. The van der Waals surface area contributed by atoms with Gasteiger partial charge in [-0.15, -0.1) is 0 Å². The van der Waals surface area contributed by atoms with E-state index in [1.807, 2.05) is 6.92 Å². The van der Waals surface area contributed by atoms with Crippen LogP contribution in [0.5, 0.6) is 0 Å². The van der Waals surface area contributed by atoms with Gasteiger partial charge in [-0.05, 0) is 69.7 Å². The van der Waals surface area contributed by atoms with Crippen LogP contribution in [0.25, 0.3) is 0 Å². The number of allylic oxidation sites excluding steroid dienone is 2. The zero-order chi connectivity index (χ0) is 41.5. The molecule has 0 aromatic rings. The lowest BCUT2D eigenvalue weighted by Crippen LogP contribution is -2.38. The Morgan fingerprint density at radius 2 is 1.13 bits per heavy atom. The molecule has 0 bridgehead atoms. The van der Waals surface area contributed by atoms with Crippen LogP contribution in [0, 0.1) is 16.7 Å². The van der Waals surface area contributed by atoms with Gasteiger partial charge in [0.05, 0.1) is 38.9 Å². The predicted molar refractivity (Wildman–Crippen MR) is 217 cm³/mol. The van der Waals surface area contributed by atoms with Gasteiger partial charge in [0.2, 0.25) is 11.8 Å². The molecule has 0 rings (SSSR count). The van der Waals surface area contributed by atoms with E-state index in [4.69, 9.17) is 29.4 Å². The first-order chi connectivity index (χ1) is 26.0. The van der Waals surface area contributed by atoms with E-state index in [1.54, 1.807) is 19.1 Å². The van der Waals surface area contributed by atoms with Crippen molar-refractivity contribution in [3.63, 3.8) is 0 Å². The highest BCUT2D eigenvalue weighted by Crippen LogP contribution is 2.29. The molecule has 55 heavy (non-hydrogen) atoms. The van der Waals surface area contributed by atoms with E-state index in [0.717, 1.165) is 12.0 Å². The number of hydrogen-bond acceptors (Lipinski definition) is 10. The van der Waals surface area contributed by atoms with Gasteiger partial charge in [0.15, 0.2) is 0 Å². The number of hydrogen-bond donors (Lipinski definition) is 5. The molecule has 0 fully saturated rings. The van der Waals surface area contributed by atoms with Crippen molar-refractivity contribution in [2.45, 2.75) is 93.9 Å². The second-order valence-corrected chi connectivity index (χ2v) is 15.9. The summed E-state index contributed by atoms with van der Waals surface area (Å²) in [6.07, 6.45) is 7.60. The fourth-order valence-corrected chi connectivity index (χ4v) is 4.93. The molecular formula is C41H75N5O9. The van der Waals surface area contributed by atoms with Crippen molar-refractivity contribution in [3.8, 4) is 0 Å². The van der Waals surface area contributed by atoms with Crippen LogP contribution in [0.4, 0.5) is 4.79 Å². The van der Waals surface area contributed by atoms with Crippen LogP contribution in [0.1, 0.15) is 93.9 Å². The van der Waals surface area contributed by atoms with E-state index in [1.165, 1.54) is 0 Å². The lowest BCUT2D eigenvalue weighted by atomic mass is 9.81. The van der Waals surface area contributed by atoms with Crippen LogP contribution >= 0.6 is 0 Å². The Balaban J connectivity index is 4.22. The van der Waals surface area contributed by atoms with Gasteiger partial charge in [-0.25, -0.2) is 9.59 Å². The molecule has 0 saturated heterocycles. The second kappa shape index (κ2) is 30.9. The SMILES string of the molecule is C=C(CC(C)(C)C)C(=O)NCCCOCCOCCCNC(=O)NCCOC(=O)/C(C)=C\C=C(\C)C(CC(C)(C)C)C(=O)NCCCOCCOCCCN. The molecule has 0 aliphatic carbocycles. The van der Waals surface area contributed by atoms with E-state index < -0.39 is 5.97 Å². The second-order valence-electron chi connectivity index (χ2n) is 15.9. The van der Waals surface area contributed by atoms with Crippen LogP contribution < -0.4 is 27.0 Å². The highest BCUT2D eigenvalue weighted by atomic mass is 16.5. The Morgan fingerprint density at radius 1 is 0.636 bits per heavy atom. The summed E-state index contributed by atoms with van der Waals surface area (Å²) in [5, 5.41) is 11.3. The summed E-state index contributed by atoms with van der Waals surface area (Å²) in [5.41, 5.74) is 7.20. The molecule has 0 aromatic heterocycles. The Bertz CT molecular complexity index is 1180. The number of amides is 4. The minimum atomic E-state index is -0.501. The highest BCUT2D eigenvalue weighted by Gasteiger charge is 2.26. The molecule has 0 aliphatic heterocycles. The molecule has 318 valence electrons. The van der Waals surface area contributed by atoms with E-state index in [0.29, 0.717) is 122 Å². The van der Waals surface area contributed by atoms with Crippen molar-refractivity contribution in [3.05, 3.63) is 35.5 Å². The number of nitrogens with one attached hydrogen (secondary N) is 4. The highest BCUT2D eigenvalue weighted by molar-refractivity contribution is 5.92. The smallest absolute Gasteiger partial charge is 0.333 e. The summed E-state index contributed by atoms with van der Waals surface area (Å²) in [4.78, 5) is 49.8. The van der Waals surface area contributed by atoms with Gasteiger partial charge in [-0.3, -0.25) is 9.59 Å². The Kier molecular flexibility index (Phi) is 29.0. The Hall–Kier alpha value is -3.30. The average Bonchev–Trinajstić information content (AvgIpc) is 3.10. The molecule has 0 saturated carbocycles. The first-order valence-electron chi connectivity index (χ1n) is 19.8. The number of carbonyl (C=O) groups is 4. The van der Waals surface area contributed by atoms with Crippen LogP contribution in [0.3, 0.4) is 0 Å². The van der Waals surface area contributed by atoms with Crippen molar-refractivity contribution in [2.24, 2.45) is 22.5 Å². The lowest BCUT2D eigenvalue weighted by molar-refractivity contribution is -0.138. The third kappa shape index (κ3) is 31.6. The van der Waals surface area contributed by atoms with Crippen molar-refractivity contribution in [1.29, 1.82) is 0 Å². The standard InChI is InChI=1S/C41H75N5O9/c1-32(35(31-41(7,8)9)37(48)44-18-12-23-53-27-26-51-21-10-16-42)14-15-33(2)38(49)55-25-20-46-39(50)45-19-13-24-54-29-28-52-22-11-17-43-36(47)34(3)30-40(4,5)6/h14-15,35H,3,10-13,16-31,42H2,1-2,4-9H3,(H,43,47)(H,44,48)(H2,45,46,50)/b32-14-,33-15-. The minimum absolute atomic E-state index is 0.0161. The van der Waals surface area contributed by atoms with Crippen LogP contribution in [0.15, 0.2) is 35.5 Å². The van der Waals surface area contributed by atoms with Crippen molar-refractivity contribution in [1.82, 2.24) is 21.3 Å². The summed E-state index contributed by atoms with van der Waals surface area (Å²) in [7, 11) is 0. The number of ether oxygens (including phenoxy) is 5. The average molecular weight is 782 g/mol. The third-order valence-electron chi connectivity index (χ3n) is 7.79. The van der Waals surface area contributed by atoms with Crippen molar-refractivity contribution in [2.75, 3.05) is 92.2 Å². The molecule has 0 spiro atoms. The predicted octanol–water partition coefficient (Wildman–Crippen LogP) is 4.58. The van der Waals surface area contributed by atoms with Gasteiger partial charge in [-0.1, -0.05) is 65.8 Å². The van der Waals surface area contributed by atoms with E-state index >= 15 is 0 Å². The van der Waals surface area contributed by atoms with E-state index in [9.17, 15) is 19.2 Å². The van der Waals surface area contributed by atoms with Gasteiger partial charge >= 0.3 is 12.0 Å². The number of rotatable bonds is 31. The summed E-state index contributed by atoms with van der Waals surface area (Å²) in [5.74, 6) is -1.03. The lowest BCUT2D eigenvalue weighted by Gasteiger charge is -2.26. The first-order valence-corrected chi connectivity index (χ1v) is 19.8. The van der Waals surface area contributed by atoms with Gasteiger partial charge in [0.1, 0.15) is 6.61 Å². The Morgan fingerprint density at radius 3 is 1.64 bits per heavy atom. The molecule has 1 unspecified atom stereocenters. The number of carbonyl (C=O) groups excluding carboxylic acids is 4. The molecule has 0 radical (unpaired) electrons. The van der Waals surface area contributed by atoms with Gasteiger partial charge < -0.3 is 50.7 Å². The molecule has 14 heteroatoms. The molecule has 0 aromatic carbocycles. The fourth-order valence-electron chi connectivity index (χ4n) is 4.93. The van der Waals surface area contributed by atoms with Crippen molar-refractivity contribution >= 4 is 23.8 Å². The molecule has 4 amide bonds. The summed E-state index contributed by atoms with van der Waals surface area (Å²) in [6, 6.07) is -0.362.